The van der Waals surface area contributed by atoms with Gasteiger partial charge in [0, 0.05) is 13.0 Å². The number of hydrogen-bond acceptors (Lipinski definition) is 3. The standard InChI is InChI=1S/C20H28O3/c1-22-20-13-9-18(10-14-20)16-23-15-5-3-2-4-6-17-7-11-19(21)12-8-17/h7,9-11,13-14,17H,2-6,8,12,15-16H2,1H3. The number of hydrogen-bond donors (Lipinski definition) is 0. The lowest BCUT2D eigenvalue weighted by Gasteiger charge is -2.15. The summed E-state index contributed by atoms with van der Waals surface area (Å²) in [6.07, 6.45) is 11.7. The number of carbonyl (C=O) groups is 1. The van der Waals surface area contributed by atoms with Crippen LogP contribution in [0.1, 0.15) is 50.5 Å². The van der Waals surface area contributed by atoms with E-state index < -0.39 is 0 Å². The average Bonchev–Trinajstić information content (AvgIpc) is 2.59. The van der Waals surface area contributed by atoms with Gasteiger partial charge in [-0.15, -0.1) is 0 Å². The predicted molar refractivity (Wildman–Crippen MR) is 92.6 cm³/mol. The van der Waals surface area contributed by atoms with Gasteiger partial charge in [0.05, 0.1) is 13.7 Å². The molecule has 3 nitrogen and oxygen atoms in total. The second-order valence-electron chi connectivity index (χ2n) is 6.23. The van der Waals surface area contributed by atoms with Gasteiger partial charge in [0.2, 0.25) is 0 Å². The molecule has 0 saturated carbocycles. The van der Waals surface area contributed by atoms with Crippen LogP contribution < -0.4 is 4.74 Å². The summed E-state index contributed by atoms with van der Waals surface area (Å²) in [5.41, 5.74) is 1.18. The first-order valence-electron chi connectivity index (χ1n) is 8.69. The summed E-state index contributed by atoms with van der Waals surface area (Å²) in [7, 11) is 1.68. The van der Waals surface area contributed by atoms with Crippen molar-refractivity contribution in [3.8, 4) is 5.75 Å². The zero-order valence-electron chi connectivity index (χ0n) is 14.1. The maximum Gasteiger partial charge on any atom is 0.155 e. The van der Waals surface area contributed by atoms with E-state index in [9.17, 15) is 4.79 Å². The minimum absolute atomic E-state index is 0.287. The van der Waals surface area contributed by atoms with Crippen molar-refractivity contribution >= 4 is 5.78 Å². The molecule has 0 spiro atoms. The Bertz CT molecular complexity index is 490. The van der Waals surface area contributed by atoms with Gasteiger partial charge in [0.1, 0.15) is 5.75 Å². The third kappa shape index (κ3) is 7.00. The van der Waals surface area contributed by atoms with Crippen LogP contribution in [0.3, 0.4) is 0 Å². The van der Waals surface area contributed by atoms with Crippen molar-refractivity contribution in [2.24, 2.45) is 5.92 Å². The van der Waals surface area contributed by atoms with Gasteiger partial charge in [-0.05, 0) is 49.0 Å². The Labute approximate surface area is 139 Å². The molecule has 0 amide bonds. The zero-order valence-corrected chi connectivity index (χ0v) is 14.1. The maximum absolute atomic E-state index is 11.1. The maximum atomic E-state index is 11.1. The Morgan fingerprint density at radius 2 is 1.87 bits per heavy atom. The fraction of sp³-hybridized carbons (Fsp3) is 0.550. The first kappa shape index (κ1) is 17.7. The van der Waals surface area contributed by atoms with Crippen LogP contribution in [0, 0.1) is 5.92 Å². The average molecular weight is 316 g/mol. The van der Waals surface area contributed by atoms with Crippen LogP contribution >= 0.6 is 0 Å². The molecule has 0 bridgehead atoms. The number of ketones is 1. The number of ether oxygens (including phenoxy) is 2. The second kappa shape index (κ2) is 10.2. The van der Waals surface area contributed by atoms with Crippen molar-refractivity contribution in [3.63, 3.8) is 0 Å². The summed E-state index contributed by atoms with van der Waals surface area (Å²) in [4.78, 5) is 11.1. The number of rotatable bonds is 10. The molecular formula is C20H28O3. The van der Waals surface area contributed by atoms with Crippen LogP contribution in [0.15, 0.2) is 36.4 Å². The molecule has 3 heteroatoms. The normalized spacial score (nSPS) is 17.4. The molecule has 0 saturated heterocycles. The molecule has 23 heavy (non-hydrogen) atoms. The van der Waals surface area contributed by atoms with Gasteiger partial charge in [-0.25, -0.2) is 0 Å². The molecule has 1 aliphatic carbocycles. The van der Waals surface area contributed by atoms with Gasteiger partial charge in [-0.1, -0.05) is 37.5 Å². The first-order chi connectivity index (χ1) is 11.3. The summed E-state index contributed by atoms with van der Waals surface area (Å²) < 4.78 is 10.8. The van der Waals surface area contributed by atoms with E-state index in [0.717, 1.165) is 31.6 Å². The quantitative estimate of drug-likeness (QED) is 0.587. The summed E-state index contributed by atoms with van der Waals surface area (Å²) in [5, 5.41) is 0. The molecular weight excluding hydrogens is 288 g/mol. The Kier molecular flexibility index (Phi) is 7.88. The zero-order chi connectivity index (χ0) is 16.3. The predicted octanol–water partition coefficient (Wildman–Crippen LogP) is 4.70. The summed E-state index contributed by atoms with van der Waals surface area (Å²) in [6.45, 7) is 1.49. The minimum Gasteiger partial charge on any atom is -0.497 e. The van der Waals surface area contributed by atoms with Crippen LogP contribution in [0.5, 0.6) is 5.75 Å². The first-order valence-corrected chi connectivity index (χ1v) is 8.69. The van der Waals surface area contributed by atoms with Gasteiger partial charge in [-0.2, -0.15) is 0 Å². The van der Waals surface area contributed by atoms with Crippen molar-refractivity contribution in [1.29, 1.82) is 0 Å². The van der Waals surface area contributed by atoms with E-state index in [0.29, 0.717) is 12.5 Å². The van der Waals surface area contributed by atoms with Crippen molar-refractivity contribution in [1.82, 2.24) is 0 Å². The molecule has 1 aliphatic rings. The van der Waals surface area contributed by atoms with E-state index >= 15 is 0 Å². The lowest BCUT2D eigenvalue weighted by molar-refractivity contribution is -0.115. The molecule has 1 atom stereocenters. The van der Waals surface area contributed by atoms with E-state index in [1.54, 1.807) is 13.2 Å². The topological polar surface area (TPSA) is 35.5 Å². The third-order valence-electron chi connectivity index (χ3n) is 4.36. The van der Waals surface area contributed by atoms with E-state index in [1.165, 1.54) is 31.2 Å². The molecule has 1 aromatic carbocycles. The van der Waals surface area contributed by atoms with Crippen LogP contribution in [0.4, 0.5) is 0 Å². The second-order valence-corrected chi connectivity index (χ2v) is 6.23. The highest BCUT2D eigenvalue weighted by molar-refractivity contribution is 5.90. The molecule has 0 aliphatic heterocycles. The van der Waals surface area contributed by atoms with E-state index in [4.69, 9.17) is 9.47 Å². The summed E-state index contributed by atoms with van der Waals surface area (Å²) in [6, 6.07) is 8.01. The van der Waals surface area contributed by atoms with Crippen LogP contribution in [-0.2, 0) is 16.1 Å². The summed E-state index contributed by atoms with van der Waals surface area (Å²) >= 11 is 0. The van der Waals surface area contributed by atoms with Gasteiger partial charge < -0.3 is 9.47 Å². The summed E-state index contributed by atoms with van der Waals surface area (Å²) in [5.74, 6) is 1.79. The Hall–Kier alpha value is -1.61. The van der Waals surface area contributed by atoms with E-state index in [1.807, 2.05) is 24.3 Å². The van der Waals surface area contributed by atoms with E-state index in [2.05, 4.69) is 6.08 Å². The fourth-order valence-corrected chi connectivity index (χ4v) is 2.87. The molecule has 2 rings (SSSR count). The van der Waals surface area contributed by atoms with Gasteiger partial charge in [0.25, 0.3) is 0 Å². The lowest BCUT2D eigenvalue weighted by Crippen LogP contribution is -2.07. The SMILES string of the molecule is COc1ccc(COCCCCCCC2C=CC(=O)CC2)cc1. The Morgan fingerprint density at radius 1 is 1.09 bits per heavy atom. The molecule has 0 aromatic heterocycles. The monoisotopic (exact) mass is 316 g/mol. The van der Waals surface area contributed by atoms with Crippen molar-refractivity contribution < 1.29 is 14.3 Å². The highest BCUT2D eigenvalue weighted by Crippen LogP contribution is 2.21. The number of carbonyl (C=O) groups excluding carboxylic acids is 1. The molecule has 0 N–H and O–H groups in total. The largest absolute Gasteiger partial charge is 0.497 e. The van der Waals surface area contributed by atoms with E-state index in [-0.39, 0.29) is 5.78 Å². The van der Waals surface area contributed by atoms with Crippen molar-refractivity contribution in [2.75, 3.05) is 13.7 Å². The highest BCUT2D eigenvalue weighted by atomic mass is 16.5. The van der Waals surface area contributed by atoms with Crippen molar-refractivity contribution in [2.45, 2.75) is 51.6 Å². The number of methoxy groups -OCH3 is 1. The number of benzene rings is 1. The van der Waals surface area contributed by atoms with Crippen LogP contribution in [0.2, 0.25) is 0 Å². The fourth-order valence-electron chi connectivity index (χ4n) is 2.87. The Morgan fingerprint density at radius 3 is 2.57 bits per heavy atom. The molecule has 0 fully saturated rings. The number of allylic oxidation sites excluding steroid dienone is 2. The Balaban J connectivity index is 1.45. The third-order valence-corrected chi connectivity index (χ3v) is 4.36. The van der Waals surface area contributed by atoms with Gasteiger partial charge in [-0.3, -0.25) is 4.79 Å². The lowest BCUT2D eigenvalue weighted by atomic mass is 9.90. The minimum atomic E-state index is 0.287. The van der Waals surface area contributed by atoms with Gasteiger partial charge >= 0.3 is 0 Å². The van der Waals surface area contributed by atoms with Crippen molar-refractivity contribution in [3.05, 3.63) is 42.0 Å². The number of unbranched alkanes of at least 4 members (excludes halogenated alkanes) is 3. The molecule has 126 valence electrons. The van der Waals surface area contributed by atoms with Gasteiger partial charge in [0.15, 0.2) is 5.78 Å². The smallest absolute Gasteiger partial charge is 0.155 e. The van der Waals surface area contributed by atoms with Crippen LogP contribution in [0.25, 0.3) is 0 Å². The molecule has 1 aromatic rings. The molecule has 0 heterocycles. The molecule has 0 radical (unpaired) electrons. The highest BCUT2D eigenvalue weighted by Gasteiger charge is 2.12. The molecule has 1 unspecified atom stereocenters. The van der Waals surface area contributed by atoms with Crippen LogP contribution in [-0.4, -0.2) is 19.5 Å².